The van der Waals surface area contributed by atoms with E-state index in [4.69, 9.17) is 0 Å². The van der Waals surface area contributed by atoms with Crippen LogP contribution in [0.25, 0.3) is 22.2 Å². The van der Waals surface area contributed by atoms with E-state index in [-0.39, 0.29) is 23.7 Å². The largest absolute Gasteiger partial charge is 0.354 e. The van der Waals surface area contributed by atoms with E-state index in [0.29, 0.717) is 18.5 Å². The number of hydrogen-bond acceptors (Lipinski definition) is 2. The fraction of sp³-hybridized carbons (Fsp3) is 0.185. The van der Waals surface area contributed by atoms with Gasteiger partial charge in [-0.2, -0.15) is 0 Å². The van der Waals surface area contributed by atoms with Crippen LogP contribution in [-0.2, 0) is 16.0 Å². The second-order valence-corrected chi connectivity index (χ2v) is 8.13. The molecule has 2 amide bonds. The topological polar surface area (TPSA) is 74.0 Å². The van der Waals surface area contributed by atoms with Crippen molar-refractivity contribution in [2.75, 3.05) is 5.32 Å². The molecule has 0 bridgehead atoms. The molecule has 0 spiro atoms. The maximum Gasteiger partial charge on any atom is 0.221 e. The van der Waals surface area contributed by atoms with Crippen molar-refractivity contribution in [3.8, 4) is 11.3 Å². The molecular weight excluding hydrogens is 417 g/mol. The average Bonchev–Trinajstić information content (AvgIpc) is 3.16. The highest BCUT2D eigenvalue weighted by molar-refractivity contribution is 5.91. The molecule has 0 aliphatic heterocycles. The van der Waals surface area contributed by atoms with Crippen LogP contribution in [0.15, 0.2) is 72.8 Å². The molecule has 5 nitrogen and oxygen atoms in total. The van der Waals surface area contributed by atoms with Crippen LogP contribution in [0.3, 0.4) is 0 Å². The predicted molar refractivity (Wildman–Crippen MR) is 129 cm³/mol. The number of benzene rings is 3. The first-order valence-corrected chi connectivity index (χ1v) is 10.9. The average molecular weight is 444 g/mol. The van der Waals surface area contributed by atoms with Gasteiger partial charge in [0.05, 0.1) is 6.04 Å². The fourth-order valence-electron chi connectivity index (χ4n) is 4.05. The Morgan fingerprint density at radius 2 is 1.76 bits per heavy atom. The zero-order valence-corrected chi connectivity index (χ0v) is 18.6. The summed E-state index contributed by atoms with van der Waals surface area (Å²) in [4.78, 5) is 27.5. The zero-order chi connectivity index (χ0) is 23.4. The summed E-state index contributed by atoms with van der Waals surface area (Å²) in [6.07, 6.45) is 0.854. The van der Waals surface area contributed by atoms with Gasteiger partial charge in [-0.1, -0.05) is 30.3 Å². The molecule has 1 atom stereocenters. The van der Waals surface area contributed by atoms with Gasteiger partial charge < -0.3 is 15.6 Å². The lowest BCUT2D eigenvalue weighted by Crippen LogP contribution is -2.27. The quantitative estimate of drug-likeness (QED) is 0.341. The van der Waals surface area contributed by atoms with Crippen molar-refractivity contribution >= 4 is 28.4 Å². The maximum absolute atomic E-state index is 13.4. The van der Waals surface area contributed by atoms with Crippen molar-refractivity contribution in [3.05, 3.63) is 89.7 Å². The molecule has 6 heteroatoms. The Morgan fingerprint density at radius 3 is 2.52 bits per heavy atom. The molecule has 0 saturated heterocycles. The third-order valence-corrected chi connectivity index (χ3v) is 5.63. The highest BCUT2D eigenvalue weighted by atomic mass is 19.1. The Kier molecular flexibility index (Phi) is 6.54. The molecule has 0 radical (unpaired) electrons. The molecule has 4 rings (SSSR count). The molecule has 0 fully saturated rings. The normalized spacial score (nSPS) is 11.8. The second kappa shape index (κ2) is 9.69. The Balaban J connectivity index is 1.49. The molecule has 0 aliphatic carbocycles. The van der Waals surface area contributed by atoms with Crippen molar-refractivity contribution in [1.29, 1.82) is 0 Å². The van der Waals surface area contributed by atoms with E-state index in [2.05, 4.69) is 15.6 Å². The summed E-state index contributed by atoms with van der Waals surface area (Å²) in [7, 11) is 0. The Labute approximate surface area is 192 Å². The molecule has 4 aromatic rings. The van der Waals surface area contributed by atoms with E-state index in [9.17, 15) is 14.0 Å². The number of para-hydroxylation sites is 1. The highest BCUT2D eigenvalue weighted by Gasteiger charge is 2.16. The number of carbonyl (C=O) groups excluding carboxylic acids is 2. The number of rotatable bonds is 7. The number of hydrogen-bond donors (Lipinski definition) is 3. The summed E-state index contributed by atoms with van der Waals surface area (Å²) >= 11 is 0. The van der Waals surface area contributed by atoms with Gasteiger partial charge in [0.2, 0.25) is 11.8 Å². The third-order valence-electron chi connectivity index (χ3n) is 5.63. The van der Waals surface area contributed by atoms with Gasteiger partial charge in [-0.05, 0) is 72.5 Å². The maximum atomic E-state index is 13.4. The van der Waals surface area contributed by atoms with Gasteiger partial charge in [0, 0.05) is 35.6 Å². The van der Waals surface area contributed by atoms with E-state index < -0.39 is 0 Å². The lowest BCUT2D eigenvalue weighted by molar-refractivity contribution is -0.121. The Hall–Kier alpha value is -3.93. The van der Waals surface area contributed by atoms with E-state index in [1.165, 1.54) is 19.1 Å². The molecular formula is C27H26FN3O2. The molecule has 168 valence electrons. The van der Waals surface area contributed by atoms with Crippen molar-refractivity contribution in [3.63, 3.8) is 0 Å². The number of fused-ring (bicyclic) bond motifs is 1. The molecule has 1 unspecified atom stereocenters. The van der Waals surface area contributed by atoms with Crippen LogP contribution in [0.1, 0.15) is 37.4 Å². The SMILES string of the molecule is CC(=O)Nc1cccc(C(C)NC(=O)CCc2c(-c3ccc(F)cc3)[nH]c3ccccc23)c1. The van der Waals surface area contributed by atoms with Gasteiger partial charge in [0.15, 0.2) is 0 Å². The summed E-state index contributed by atoms with van der Waals surface area (Å²) in [5.74, 6) is -0.491. The van der Waals surface area contributed by atoms with Crippen LogP contribution in [0, 0.1) is 5.82 Å². The molecule has 0 aliphatic rings. The standard InChI is InChI=1S/C27H26FN3O2/c1-17(20-6-5-7-22(16-20)30-18(2)32)29-26(33)15-14-24-23-8-3-4-9-25(23)31-27(24)19-10-12-21(28)13-11-19/h3-13,16-17,31H,14-15H2,1-2H3,(H,29,33)(H,30,32). The van der Waals surface area contributed by atoms with E-state index in [1.807, 2.05) is 55.5 Å². The number of halogens is 1. The number of carbonyl (C=O) groups is 2. The van der Waals surface area contributed by atoms with Gasteiger partial charge in [-0.3, -0.25) is 9.59 Å². The van der Waals surface area contributed by atoms with Crippen LogP contribution in [0.5, 0.6) is 0 Å². The predicted octanol–water partition coefficient (Wildman–Crippen LogP) is 5.74. The second-order valence-electron chi connectivity index (χ2n) is 8.13. The molecule has 3 aromatic carbocycles. The fourth-order valence-corrected chi connectivity index (χ4v) is 4.05. The van der Waals surface area contributed by atoms with Crippen LogP contribution in [0.4, 0.5) is 10.1 Å². The van der Waals surface area contributed by atoms with E-state index in [0.717, 1.165) is 33.3 Å². The van der Waals surface area contributed by atoms with Crippen LogP contribution >= 0.6 is 0 Å². The number of nitrogens with one attached hydrogen (secondary N) is 3. The van der Waals surface area contributed by atoms with E-state index >= 15 is 0 Å². The van der Waals surface area contributed by atoms with Crippen molar-refractivity contribution in [2.24, 2.45) is 0 Å². The minimum Gasteiger partial charge on any atom is -0.354 e. The first kappa shape index (κ1) is 22.3. The molecule has 33 heavy (non-hydrogen) atoms. The van der Waals surface area contributed by atoms with Gasteiger partial charge in [-0.25, -0.2) is 4.39 Å². The number of anilines is 1. The number of H-pyrrole nitrogens is 1. The first-order valence-electron chi connectivity index (χ1n) is 10.9. The molecule has 3 N–H and O–H groups in total. The van der Waals surface area contributed by atoms with Gasteiger partial charge in [-0.15, -0.1) is 0 Å². The number of aromatic nitrogens is 1. The summed E-state index contributed by atoms with van der Waals surface area (Å²) in [5.41, 5.74) is 5.41. The van der Waals surface area contributed by atoms with Crippen molar-refractivity contribution in [1.82, 2.24) is 10.3 Å². The van der Waals surface area contributed by atoms with Gasteiger partial charge in [0.25, 0.3) is 0 Å². The lowest BCUT2D eigenvalue weighted by Gasteiger charge is -2.16. The van der Waals surface area contributed by atoms with Crippen LogP contribution in [-0.4, -0.2) is 16.8 Å². The Bertz CT molecular complexity index is 1290. The van der Waals surface area contributed by atoms with Crippen LogP contribution < -0.4 is 10.6 Å². The smallest absolute Gasteiger partial charge is 0.221 e. The molecule has 1 aromatic heterocycles. The number of aromatic amines is 1. The molecule has 1 heterocycles. The Morgan fingerprint density at radius 1 is 1.00 bits per heavy atom. The summed E-state index contributed by atoms with van der Waals surface area (Å²) in [6, 6.07) is 21.6. The third kappa shape index (κ3) is 5.29. The molecule has 0 saturated carbocycles. The van der Waals surface area contributed by atoms with Gasteiger partial charge >= 0.3 is 0 Å². The van der Waals surface area contributed by atoms with Crippen LogP contribution in [0.2, 0.25) is 0 Å². The summed E-state index contributed by atoms with van der Waals surface area (Å²) < 4.78 is 13.4. The van der Waals surface area contributed by atoms with E-state index in [1.54, 1.807) is 12.1 Å². The lowest BCUT2D eigenvalue weighted by atomic mass is 10.0. The van der Waals surface area contributed by atoms with Gasteiger partial charge in [0.1, 0.15) is 5.82 Å². The zero-order valence-electron chi connectivity index (χ0n) is 18.6. The monoisotopic (exact) mass is 443 g/mol. The highest BCUT2D eigenvalue weighted by Crippen LogP contribution is 2.31. The minimum atomic E-state index is -0.285. The first-order chi connectivity index (χ1) is 15.9. The van der Waals surface area contributed by atoms with Crippen molar-refractivity contribution < 1.29 is 14.0 Å². The minimum absolute atomic E-state index is 0.0669. The summed E-state index contributed by atoms with van der Waals surface area (Å²) in [5, 5.41) is 6.86. The van der Waals surface area contributed by atoms with Crippen molar-refractivity contribution in [2.45, 2.75) is 32.7 Å². The summed E-state index contributed by atoms with van der Waals surface area (Å²) in [6.45, 7) is 3.38. The number of aryl methyl sites for hydroxylation is 1. The number of amides is 2.